The van der Waals surface area contributed by atoms with Crippen molar-refractivity contribution in [2.75, 3.05) is 5.75 Å². The maximum absolute atomic E-state index is 13.4. The van der Waals surface area contributed by atoms with E-state index in [1.54, 1.807) is 41.3 Å². The van der Waals surface area contributed by atoms with Crippen LogP contribution in [0.25, 0.3) is 0 Å². The third-order valence-electron chi connectivity index (χ3n) is 5.31. The first-order chi connectivity index (χ1) is 15.7. The van der Waals surface area contributed by atoms with E-state index in [9.17, 15) is 9.59 Å². The minimum Gasteiger partial charge on any atom is -0.352 e. The quantitative estimate of drug-likeness (QED) is 0.321. The molecule has 0 aliphatic carbocycles. The minimum atomic E-state index is -0.650. The Hall–Kier alpha value is -1.11. The third-order valence-corrected chi connectivity index (χ3v) is 7.67. The molecule has 33 heavy (non-hydrogen) atoms. The van der Waals surface area contributed by atoms with Gasteiger partial charge in [-0.25, -0.2) is 0 Å². The van der Waals surface area contributed by atoms with Gasteiger partial charge in [0.1, 0.15) is 6.04 Å². The number of carbonyl (C=O) groups is 2. The number of thioether (sulfide) groups is 1. The molecule has 1 N–H and O–H groups in total. The number of nitrogens with one attached hydrogen (secondary N) is 1. The maximum Gasteiger partial charge on any atom is 0.243 e. The Bertz CT molecular complexity index is 933. The van der Waals surface area contributed by atoms with Gasteiger partial charge in [-0.1, -0.05) is 72.4 Å². The minimum absolute atomic E-state index is 0.00384. The Morgan fingerprint density at radius 2 is 1.42 bits per heavy atom. The van der Waals surface area contributed by atoms with Crippen molar-refractivity contribution in [1.29, 1.82) is 0 Å². The van der Waals surface area contributed by atoms with Crippen molar-refractivity contribution in [2.45, 2.75) is 58.0 Å². The number of halogens is 4. The monoisotopic (exact) mass is 548 g/mol. The molecule has 2 rings (SSSR count). The Balaban J connectivity index is 2.24. The van der Waals surface area contributed by atoms with E-state index in [2.05, 4.69) is 5.32 Å². The van der Waals surface area contributed by atoms with Gasteiger partial charge in [0.05, 0.1) is 5.75 Å². The van der Waals surface area contributed by atoms with Crippen LogP contribution >= 0.6 is 58.2 Å². The van der Waals surface area contributed by atoms with Crippen molar-refractivity contribution in [3.63, 3.8) is 0 Å². The van der Waals surface area contributed by atoms with Gasteiger partial charge in [-0.3, -0.25) is 9.59 Å². The van der Waals surface area contributed by atoms with Crippen molar-refractivity contribution in [3.05, 3.63) is 67.6 Å². The predicted octanol–water partition coefficient (Wildman–Crippen LogP) is 7.26. The number of benzene rings is 2. The van der Waals surface area contributed by atoms with Crippen molar-refractivity contribution < 1.29 is 9.59 Å². The Morgan fingerprint density at radius 1 is 0.909 bits per heavy atom. The summed E-state index contributed by atoms with van der Waals surface area (Å²) in [6.07, 6.45) is 1.25. The molecule has 0 aliphatic rings. The van der Waals surface area contributed by atoms with E-state index in [1.165, 1.54) is 11.8 Å². The molecular weight excluding hydrogens is 522 g/mol. The fourth-order valence-electron chi connectivity index (χ4n) is 3.21. The molecule has 2 atom stereocenters. The average Bonchev–Trinajstić information content (AvgIpc) is 2.77. The molecule has 2 amide bonds. The van der Waals surface area contributed by atoms with Crippen LogP contribution in [-0.2, 0) is 21.9 Å². The van der Waals surface area contributed by atoms with Crippen LogP contribution in [0.2, 0.25) is 20.1 Å². The predicted molar refractivity (Wildman–Crippen MR) is 142 cm³/mol. The van der Waals surface area contributed by atoms with E-state index < -0.39 is 6.04 Å². The molecule has 0 bridgehead atoms. The van der Waals surface area contributed by atoms with Gasteiger partial charge < -0.3 is 10.2 Å². The summed E-state index contributed by atoms with van der Waals surface area (Å²) in [6.45, 7) is 5.95. The molecule has 0 unspecified atom stereocenters. The number of nitrogens with zero attached hydrogens (tertiary/aromatic N) is 1. The largest absolute Gasteiger partial charge is 0.352 e. The highest BCUT2D eigenvalue weighted by atomic mass is 35.5. The zero-order chi connectivity index (χ0) is 24.5. The van der Waals surface area contributed by atoms with Gasteiger partial charge in [0.2, 0.25) is 11.8 Å². The fourth-order valence-corrected chi connectivity index (χ4v) is 5.37. The smallest absolute Gasteiger partial charge is 0.243 e. The molecule has 9 heteroatoms. The standard InChI is InChI=1S/C24H28Cl4N2O2S/c1-4-15(3)29-24(32)22(5-2)30(12-16-18(25)8-6-9-19(16)26)23(31)14-33-13-17-20(27)10-7-11-21(17)28/h6-11,15,22H,4-5,12-14H2,1-3H3,(H,29,32)/t15-,22+/m1/s1. The van der Waals surface area contributed by atoms with E-state index in [0.717, 1.165) is 12.0 Å². The highest BCUT2D eigenvalue weighted by Crippen LogP contribution is 2.30. The van der Waals surface area contributed by atoms with Crippen LogP contribution < -0.4 is 5.32 Å². The first-order valence-corrected chi connectivity index (χ1v) is 13.4. The topological polar surface area (TPSA) is 49.4 Å². The van der Waals surface area contributed by atoms with Gasteiger partial charge >= 0.3 is 0 Å². The molecule has 0 heterocycles. The van der Waals surface area contributed by atoms with Crippen LogP contribution in [0.1, 0.15) is 44.7 Å². The summed E-state index contributed by atoms with van der Waals surface area (Å²) in [5, 5.41) is 5.00. The van der Waals surface area contributed by atoms with Crippen LogP contribution in [0.3, 0.4) is 0 Å². The highest BCUT2D eigenvalue weighted by molar-refractivity contribution is 7.99. The number of carbonyl (C=O) groups excluding carboxylic acids is 2. The second-order valence-electron chi connectivity index (χ2n) is 7.66. The van der Waals surface area contributed by atoms with Crippen LogP contribution in [-0.4, -0.2) is 34.6 Å². The fraction of sp³-hybridized carbons (Fsp3) is 0.417. The second kappa shape index (κ2) is 13.7. The Kier molecular flexibility index (Phi) is 11.7. The van der Waals surface area contributed by atoms with E-state index >= 15 is 0 Å². The lowest BCUT2D eigenvalue weighted by Gasteiger charge is -2.32. The van der Waals surface area contributed by atoms with Gasteiger partial charge in [0, 0.05) is 44.0 Å². The summed E-state index contributed by atoms with van der Waals surface area (Å²) in [6, 6.07) is 9.86. The molecule has 0 aliphatic heterocycles. The van der Waals surface area contributed by atoms with Gasteiger partial charge in [0.25, 0.3) is 0 Å². The van der Waals surface area contributed by atoms with E-state index in [1.807, 2.05) is 20.8 Å². The third kappa shape index (κ3) is 7.97. The van der Waals surface area contributed by atoms with Crippen molar-refractivity contribution in [1.82, 2.24) is 10.2 Å². The summed E-state index contributed by atoms with van der Waals surface area (Å²) in [5.41, 5.74) is 1.39. The van der Waals surface area contributed by atoms with Crippen molar-refractivity contribution in [2.24, 2.45) is 0 Å². The SMILES string of the molecule is CC[C@@H](C)NC(=O)[C@H](CC)N(Cc1c(Cl)cccc1Cl)C(=O)CSCc1c(Cl)cccc1Cl. The summed E-state index contributed by atoms with van der Waals surface area (Å²) in [7, 11) is 0. The normalized spacial score (nSPS) is 12.8. The average molecular weight is 550 g/mol. The molecule has 4 nitrogen and oxygen atoms in total. The van der Waals surface area contributed by atoms with Gasteiger partial charge in [-0.15, -0.1) is 11.8 Å². The first-order valence-electron chi connectivity index (χ1n) is 10.7. The highest BCUT2D eigenvalue weighted by Gasteiger charge is 2.30. The van der Waals surface area contributed by atoms with Gasteiger partial charge in [-0.05, 0) is 49.6 Å². The zero-order valence-electron chi connectivity index (χ0n) is 18.8. The van der Waals surface area contributed by atoms with Crippen molar-refractivity contribution in [3.8, 4) is 0 Å². The summed E-state index contributed by atoms with van der Waals surface area (Å²) < 4.78 is 0. The van der Waals surface area contributed by atoms with Crippen molar-refractivity contribution >= 4 is 70.0 Å². The molecule has 0 saturated carbocycles. The lowest BCUT2D eigenvalue weighted by atomic mass is 10.1. The van der Waals surface area contributed by atoms with Crippen LogP contribution in [0.5, 0.6) is 0 Å². The molecule has 0 spiro atoms. The molecule has 0 fully saturated rings. The number of amides is 2. The van der Waals surface area contributed by atoms with Crippen LogP contribution in [0, 0.1) is 0 Å². The number of hydrogen-bond acceptors (Lipinski definition) is 3. The lowest BCUT2D eigenvalue weighted by molar-refractivity contribution is -0.139. The lowest BCUT2D eigenvalue weighted by Crippen LogP contribution is -2.51. The molecule has 0 radical (unpaired) electrons. The molecule has 2 aromatic rings. The molecule has 180 valence electrons. The first kappa shape index (κ1) is 28.1. The second-order valence-corrected chi connectivity index (χ2v) is 10.3. The van der Waals surface area contributed by atoms with Crippen LogP contribution in [0.4, 0.5) is 0 Å². The zero-order valence-corrected chi connectivity index (χ0v) is 22.7. The molecule has 2 aromatic carbocycles. The Labute approximate surface area is 220 Å². The Morgan fingerprint density at radius 3 is 1.91 bits per heavy atom. The summed E-state index contributed by atoms with van der Waals surface area (Å²) >= 11 is 26.6. The van der Waals surface area contributed by atoms with Gasteiger partial charge in [0.15, 0.2) is 0 Å². The summed E-state index contributed by atoms with van der Waals surface area (Å²) in [5.74, 6) is 0.241. The van der Waals surface area contributed by atoms with E-state index in [-0.39, 0.29) is 30.2 Å². The molecular formula is C24H28Cl4N2O2S. The van der Waals surface area contributed by atoms with E-state index in [0.29, 0.717) is 37.8 Å². The van der Waals surface area contributed by atoms with E-state index in [4.69, 9.17) is 46.4 Å². The maximum atomic E-state index is 13.4. The van der Waals surface area contributed by atoms with Gasteiger partial charge in [-0.2, -0.15) is 0 Å². The number of rotatable bonds is 11. The summed E-state index contributed by atoms with van der Waals surface area (Å²) in [4.78, 5) is 27.9. The molecule has 0 aromatic heterocycles. The molecule has 0 saturated heterocycles. The van der Waals surface area contributed by atoms with Crippen LogP contribution in [0.15, 0.2) is 36.4 Å². The number of hydrogen-bond donors (Lipinski definition) is 1.